The molecular formula is C16H10Ni. The summed E-state index contributed by atoms with van der Waals surface area (Å²) >= 11 is 0. The van der Waals surface area contributed by atoms with Crippen molar-refractivity contribution in [2.24, 2.45) is 0 Å². The molecule has 0 nitrogen and oxygen atoms in total. The molecule has 84 valence electrons. The van der Waals surface area contributed by atoms with Gasteiger partial charge in [0.15, 0.2) is 0 Å². The van der Waals surface area contributed by atoms with Crippen LogP contribution in [0.15, 0.2) is 60.7 Å². The molecule has 0 bridgehead atoms. The fourth-order valence-electron chi connectivity index (χ4n) is 2.67. The summed E-state index contributed by atoms with van der Waals surface area (Å²) in [5.41, 5.74) is 0. The van der Waals surface area contributed by atoms with E-state index in [4.69, 9.17) is 0 Å². The molecule has 0 atom stereocenters. The zero-order valence-electron chi connectivity index (χ0n) is 9.09. The van der Waals surface area contributed by atoms with E-state index in [0.717, 1.165) is 0 Å². The quantitative estimate of drug-likeness (QED) is 0.321. The van der Waals surface area contributed by atoms with Gasteiger partial charge in [-0.3, -0.25) is 0 Å². The second kappa shape index (κ2) is 3.72. The summed E-state index contributed by atoms with van der Waals surface area (Å²) in [7, 11) is 0. The zero-order valence-corrected chi connectivity index (χ0v) is 10.1. The van der Waals surface area contributed by atoms with Gasteiger partial charge in [-0.2, -0.15) is 0 Å². The molecule has 0 amide bonds. The predicted molar refractivity (Wildman–Crippen MR) is 70.1 cm³/mol. The van der Waals surface area contributed by atoms with E-state index < -0.39 is 0 Å². The average Bonchev–Trinajstić information content (AvgIpc) is 2.36. The second-order valence-electron chi connectivity index (χ2n) is 4.29. The van der Waals surface area contributed by atoms with Crippen molar-refractivity contribution in [3.05, 3.63) is 60.7 Å². The van der Waals surface area contributed by atoms with E-state index in [-0.39, 0.29) is 16.5 Å². The van der Waals surface area contributed by atoms with E-state index in [0.29, 0.717) is 0 Å². The Labute approximate surface area is 110 Å². The van der Waals surface area contributed by atoms with Crippen LogP contribution in [0.25, 0.3) is 32.3 Å². The summed E-state index contributed by atoms with van der Waals surface area (Å²) in [4.78, 5) is 0. The van der Waals surface area contributed by atoms with Crippen molar-refractivity contribution in [3.8, 4) is 0 Å². The standard InChI is InChI=1S/C16H10.Ni/c1-3-11-7-9-13-5-2-6-14-10-8-12(4-1)15(11)16(13)14;/h1-10H;. The maximum Gasteiger partial charge on any atom is 0 e. The molecule has 0 saturated heterocycles. The van der Waals surface area contributed by atoms with Crippen LogP contribution in [0.5, 0.6) is 0 Å². The third kappa shape index (κ3) is 1.36. The zero-order chi connectivity index (χ0) is 10.5. The Bertz CT molecular complexity index is 672. The first kappa shape index (κ1) is 10.6. The SMILES string of the molecule is [Ni].c1cc2ccc3cccc4ccc(c1)c2c34. The van der Waals surface area contributed by atoms with Crippen molar-refractivity contribution in [1.29, 1.82) is 0 Å². The van der Waals surface area contributed by atoms with Gasteiger partial charge < -0.3 is 0 Å². The Morgan fingerprint density at radius 1 is 0.412 bits per heavy atom. The van der Waals surface area contributed by atoms with Gasteiger partial charge in [0.25, 0.3) is 0 Å². The molecular weight excluding hydrogens is 251 g/mol. The number of hydrogen-bond donors (Lipinski definition) is 0. The molecule has 17 heavy (non-hydrogen) atoms. The minimum absolute atomic E-state index is 0. The molecule has 0 spiro atoms. The fourth-order valence-corrected chi connectivity index (χ4v) is 2.67. The largest absolute Gasteiger partial charge is 0.0610 e. The molecule has 0 unspecified atom stereocenters. The van der Waals surface area contributed by atoms with Crippen LogP contribution in [0.3, 0.4) is 0 Å². The summed E-state index contributed by atoms with van der Waals surface area (Å²) < 4.78 is 0. The Morgan fingerprint density at radius 2 is 0.706 bits per heavy atom. The van der Waals surface area contributed by atoms with E-state index >= 15 is 0 Å². The third-order valence-electron chi connectivity index (χ3n) is 3.39. The molecule has 0 aromatic heterocycles. The number of hydrogen-bond acceptors (Lipinski definition) is 0. The van der Waals surface area contributed by atoms with Crippen molar-refractivity contribution in [2.75, 3.05) is 0 Å². The van der Waals surface area contributed by atoms with Crippen molar-refractivity contribution in [2.45, 2.75) is 0 Å². The van der Waals surface area contributed by atoms with Crippen LogP contribution in [0, 0.1) is 0 Å². The minimum atomic E-state index is 0. The molecule has 0 heterocycles. The van der Waals surface area contributed by atoms with Crippen LogP contribution in [-0.2, 0) is 16.5 Å². The van der Waals surface area contributed by atoms with Crippen LogP contribution < -0.4 is 0 Å². The van der Waals surface area contributed by atoms with Crippen LogP contribution in [0.1, 0.15) is 0 Å². The monoisotopic (exact) mass is 260 g/mol. The fraction of sp³-hybridized carbons (Fsp3) is 0. The maximum atomic E-state index is 2.21. The van der Waals surface area contributed by atoms with Gasteiger partial charge in [-0.25, -0.2) is 0 Å². The molecule has 0 N–H and O–H groups in total. The van der Waals surface area contributed by atoms with Crippen LogP contribution in [0.4, 0.5) is 0 Å². The smallest absolute Gasteiger partial charge is 0 e. The Balaban J connectivity index is 0.000000902. The van der Waals surface area contributed by atoms with Crippen molar-refractivity contribution >= 4 is 32.3 Å². The van der Waals surface area contributed by atoms with E-state index in [9.17, 15) is 0 Å². The number of rotatable bonds is 0. The van der Waals surface area contributed by atoms with Crippen LogP contribution in [-0.4, -0.2) is 0 Å². The first-order valence-electron chi connectivity index (χ1n) is 5.56. The van der Waals surface area contributed by atoms with Gasteiger partial charge in [0.2, 0.25) is 0 Å². The van der Waals surface area contributed by atoms with E-state index in [2.05, 4.69) is 60.7 Å². The first-order valence-corrected chi connectivity index (χ1v) is 5.56. The van der Waals surface area contributed by atoms with Gasteiger partial charge >= 0.3 is 0 Å². The van der Waals surface area contributed by atoms with Gasteiger partial charge in [-0.05, 0) is 32.3 Å². The van der Waals surface area contributed by atoms with Gasteiger partial charge in [0.1, 0.15) is 0 Å². The Hall–Kier alpha value is -1.59. The third-order valence-corrected chi connectivity index (χ3v) is 3.39. The van der Waals surface area contributed by atoms with Crippen molar-refractivity contribution in [1.82, 2.24) is 0 Å². The van der Waals surface area contributed by atoms with Crippen LogP contribution >= 0.6 is 0 Å². The molecule has 0 radical (unpaired) electrons. The summed E-state index contributed by atoms with van der Waals surface area (Å²) in [5.74, 6) is 0. The predicted octanol–water partition coefficient (Wildman–Crippen LogP) is 4.58. The summed E-state index contributed by atoms with van der Waals surface area (Å²) in [6, 6.07) is 21.9. The molecule has 0 fully saturated rings. The second-order valence-corrected chi connectivity index (χ2v) is 4.29. The molecule has 1 heteroatoms. The van der Waals surface area contributed by atoms with Crippen LogP contribution in [0.2, 0.25) is 0 Å². The van der Waals surface area contributed by atoms with Gasteiger partial charge in [-0.15, -0.1) is 0 Å². The Kier molecular flexibility index (Phi) is 2.31. The molecule has 4 rings (SSSR count). The molecule has 4 aromatic carbocycles. The van der Waals surface area contributed by atoms with Gasteiger partial charge in [0, 0.05) is 16.5 Å². The molecule has 0 aliphatic heterocycles. The summed E-state index contributed by atoms with van der Waals surface area (Å²) in [6.07, 6.45) is 0. The van der Waals surface area contributed by atoms with E-state index in [1.807, 2.05) is 0 Å². The topological polar surface area (TPSA) is 0 Å². The molecule has 0 saturated carbocycles. The van der Waals surface area contributed by atoms with Gasteiger partial charge in [0.05, 0.1) is 0 Å². The normalized spacial score (nSPS) is 11.1. The maximum absolute atomic E-state index is 2.21. The van der Waals surface area contributed by atoms with Crippen molar-refractivity contribution in [3.63, 3.8) is 0 Å². The average molecular weight is 261 g/mol. The summed E-state index contributed by atoms with van der Waals surface area (Å²) in [5, 5.41) is 8.14. The Morgan fingerprint density at radius 3 is 1.00 bits per heavy atom. The van der Waals surface area contributed by atoms with Crippen molar-refractivity contribution < 1.29 is 16.5 Å². The van der Waals surface area contributed by atoms with E-state index in [1.54, 1.807) is 0 Å². The molecule has 4 aromatic rings. The minimum Gasteiger partial charge on any atom is -0.0610 e. The van der Waals surface area contributed by atoms with Gasteiger partial charge in [-0.1, -0.05) is 60.7 Å². The molecule has 0 aliphatic rings. The molecule has 0 aliphatic carbocycles. The van der Waals surface area contributed by atoms with E-state index in [1.165, 1.54) is 32.3 Å². The summed E-state index contributed by atoms with van der Waals surface area (Å²) in [6.45, 7) is 0. The number of benzene rings is 4. The first-order chi connectivity index (χ1) is 7.93.